The van der Waals surface area contributed by atoms with Crippen molar-refractivity contribution in [3.8, 4) is 28.5 Å². The van der Waals surface area contributed by atoms with E-state index in [0.29, 0.717) is 23.8 Å². The molecule has 6 heterocycles. The highest BCUT2D eigenvalue weighted by Gasteiger charge is 2.48. The molecule has 1 N–H and O–H groups in total. The van der Waals surface area contributed by atoms with Crippen LogP contribution in [0.15, 0.2) is 73.4 Å². The lowest BCUT2D eigenvalue weighted by atomic mass is 9.93. The third-order valence-corrected chi connectivity index (χ3v) is 8.22. The van der Waals surface area contributed by atoms with Crippen molar-refractivity contribution in [1.29, 1.82) is 5.26 Å². The number of hydrogen-bond donors (Lipinski definition) is 1. The Labute approximate surface area is 226 Å². The Balaban J connectivity index is 1.13. The van der Waals surface area contributed by atoms with Crippen molar-refractivity contribution >= 4 is 11.3 Å². The Bertz CT molecular complexity index is 1680. The molecule has 0 aromatic carbocycles. The molecular formula is C30H28N8O. The van der Waals surface area contributed by atoms with E-state index in [-0.39, 0.29) is 0 Å². The normalized spacial score (nSPS) is 22.3. The number of rotatable bonds is 5. The summed E-state index contributed by atoms with van der Waals surface area (Å²) in [6.07, 6.45) is 11.3. The number of nitriles is 1. The first-order valence-electron chi connectivity index (χ1n) is 13.2. The lowest BCUT2D eigenvalue weighted by molar-refractivity contribution is 0.0396. The van der Waals surface area contributed by atoms with Crippen LogP contribution in [0.5, 0.6) is 0 Å². The molecule has 5 aromatic heterocycles. The molecule has 1 unspecified atom stereocenters. The van der Waals surface area contributed by atoms with Gasteiger partial charge in [0.2, 0.25) is 0 Å². The van der Waals surface area contributed by atoms with Gasteiger partial charge in [-0.15, -0.1) is 0 Å². The second-order valence-electron chi connectivity index (χ2n) is 10.9. The summed E-state index contributed by atoms with van der Waals surface area (Å²) in [5.74, 6) is 1.83. The molecule has 9 heteroatoms. The largest absolute Gasteiger partial charge is 0.389 e. The number of nitrogens with zero attached hydrogens (tertiary/aromatic N) is 8. The molecule has 5 aromatic rings. The van der Waals surface area contributed by atoms with Crippen molar-refractivity contribution in [2.24, 2.45) is 18.9 Å². The highest BCUT2D eigenvalue weighted by Crippen LogP contribution is 2.46. The minimum Gasteiger partial charge on any atom is -0.389 e. The van der Waals surface area contributed by atoms with Gasteiger partial charge in [-0.05, 0) is 61.1 Å². The van der Waals surface area contributed by atoms with E-state index in [1.165, 1.54) is 0 Å². The van der Waals surface area contributed by atoms with Gasteiger partial charge >= 0.3 is 0 Å². The maximum Gasteiger partial charge on any atom is 0.128 e. The summed E-state index contributed by atoms with van der Waals surface area (Å²) >= 11 is 0. The Kier molecular flexibility index (Phi) is 5.46. The van der Waals surface area contributed by atoms with Gasteiger partial charge in [-0.3, -0.25) is 9.67 Å². The first kappa shape index (κ1) is 23.6. The second kappa shape index (κ2) is 9.03. The number of aryl methyl sites for hydroxylation is 1. The average molecular weight is 517 g/mol. The zero-order valence-corrected chi connectivity index (χ0v) is 21.6. The molecule has 3 atom stereocenters. The van der Waals surface area contributed by atoms with Gasteiger partial charge in [0.25, 0.3) is 0 Å². The SMILES string of the molecule is Cn1ccc(-c2cc(-c3ccc(N4C[C@@H]5CC(O)(Cc6ccccn6)C[C@@H]5C4)nc3)c3c(C#N)cnn3c2)n1. The number of anilines is 1. The Morgan fingerprint density at radius 1 is 1.05 bits per heavy atom. The molecule has 9 nitrogen and oxygen atoms in total. The van der Waals surface area contributed by atoms with Gasteiger partial charge in [0.05, 0.1) is 28.6 Å². The predicted molar refractivity (Wildman–Crippen MR) is 147 cm³/mol. The molecule has 2 aliphatic rings. The maximum atomic E-state index is 11.3. The third kappa shape index (κ3) is 4.23. The standard InChI is InChI=1S/C30H28N8O/c1-36-9-7-27(35-36)21-10-26(29-24(14-31)16-34-38(29)19-21)20-5-6-28(33-15-20)37-17-22-11-30(39,12-23(22)18-37)13-25-4-2-3-8-32-25/h2-10,15-16,19,22-23,39H,11-13,17-18H2,1H3/t22-,23+,30?. The zero-order valence-electron chi connectivity index (χ0n) is 21.6. The van der Waals surface area contributed by atoms with E-state index in [1.54, 1.807) is 21.6 Å². The third-order valence-electron chi connectivity index (χ3n) is 8.22. The molecule has 0 bridgehead atoms. The van der Waals surface area contributed by atoms with Crippen LogP contribution in [0.1, 0.15) is 24.1 Å². The van der Waals surface area contributed by atoms with Gasteiger partial charge in [0.1, 0.15) is 11.9 Å². The molecule has 1 saturated heterocycles. The minimum atomic E-state index is -0.680. The predicted octanol–water partition coefficient (Wildman–Crippen LogP) is 3.88. The number of pyridine rings is 3. The Morgan fingerprint density at radius 3 is 2.56 bits per heavy atom. The zero-order chi connectivity index (χ0) is 26.6. The summed E-state index contributed by atoms with van der Waals surface area (Å²) in [4.78, 5) is 11.6. The van der Waals surface area contributed by atoms with Crippen LogP contribution in [0.2, 0.25) is 0 Å². The smallest absolute Gasteiger partial charge is 0.128 e. The van der Waals surface area contributed by atoms with Gasteiger partial charge in [0.15, 0.2) is 0 Å². The second-order valence-corrected chi connectivity index (χ2v) is 10.9. The molecule has 39 heavy (non-hydrogen) atoms. The summed E-state index contributed by atoms with van der Waals surface area (Å²) in [7, 11) is 1.89. The summed E-state index contributed by atoms with van der Waals surface area (Å²) in [5.41, 5.74) is 5.12. The van der Waals surface area contributed by atoms with Crippen LogP contribution < -0.4 is 4.90 Å². The van der Waals surface area contributed by atoms with Crippen LogP contribution in [0.4, 0.5) is 5.82 Å². The topological polar surface area (TPSA) is 108 Å². The fraction of sp³-hybridized carbons (Fsp3) is 0.300. The van der Waals surface area contributed by atoms with Crippen LogP contribution in [0.25, 0.3) is 27.9 Å². The molecule has 194 valence electrons. The van der Waals surface area contributed by atoms with Crippen LogP contribution in [-0.2, 0) is 13.5 Å². The molecule has 0 radical (unpaired) electrons. The quantitative estimate of drug-likeness (QED) is 0.378. The van der Waals surface area contributed by atoms with E-state index in [4.69, 9.17) is 4.98 Å². The number of fused-ring (bicyclic) bond motifs is 2. The number of hydrogen-bond acceptors (Lipinski definition) is 7. The maximum absolute atomic E-state index is 11.3. The number of aliphatic hydroxyl groups is 1. The van der Waals surface area contributed by atoms with Gasteiger partial charge in [0, 0.05) is 73.7 Å². The van der Waals surface area contributed by atoms with Gasteiger partial charge < -0.3 is 10.0 Å². The molecule has 1 aliphatic carbocycles. The minimum absolute atomic E-state index is 0.444. The first-order chi connectivity index (χ1) is 19.0. The summed E-state index contributed by atoms with van der Waals surface area (Å²) in [6.45, 7) is 1.78. The monoisotopic (exact) mass is 516 g/mol. The summed E-state index contributed by atoms with van der Waals surface area (Å²) in [5, 5.41) is 30.0. The van der Waals surface area contributed by atoms with E-state index in [1.807, 2.05) is 49.9 Å². The van der Waals surface area contributed by atoms with Crippen molar-refractivity contribution in [2.75, 3.05) is 18.0 Å². The molecule has 7 rings (SSSR count). The lowest BCUT2D eigenvalue weighted by Crippen LogP contribution is -2.32. The van der Waals surface area contributed by atoms with Crippen LogP contribution in [-0.4, -0.2) is 53.2 Å². The van der Waals surface area contributed by atoms with E-state index in [9.17, 15) is 10.4 Å². The van der Waals surface area contributed by atoms with Gasteiger partial charge in [-0.25, -0.2) is 9.50 Å². The number of aromatic nitrogens is 6. The van der Waals surface area contributed by atoms with Gasteiger partial charge in [-0.1, -0.05) is 6.07 Å². The van der Waals surface area contributed by atoms with Crippen LogP contribution in [0, 0.1) is 23.2 Å². The van der Waals surface area contributed by atoms with Crippen LogP contribution >= 0.6 is 0 Å². The van der Waals surface area contributed by atoms with Crippen molar-refractivity contribution in [3.05, 3.63) is 84.7 Å². The molecule has 0 amide bonds. The first-order valence-corrected chi connectivity index (χ1v) is 13.2. The fourth-order valence-corrected chi connectivity index (χ4v) is 6.50. The average Bonchev–Trinajstić information content (AvgIpc) is 3.71. The van der Waals surface area contributed by atoms with Crippen molar-refractivity contribution in [3.63, 3.8) is 0 Å². The highest BCUT2D eigenvalue weighted by molar-refractivity contribution is 5.87. The summed E-state index contributed by atoms with van der Waals surface area (Å²) in [6, 6.07) is 16.3. The van der Waals surface area contributed by atoms with Crippen molar-refractivity contribution < 1.29 is 5.11 Å². The fourth-order valence-electron chi connectivity index (χ4n) is 6.50. The molecule has 0 spiro atoms. The Hall–Kier alpha value is -4.55. The molecular weight excluding hydrogens is 488 g/mol. The molecule has 2 fully saturated rings. The van der Waals surface area contributed by atoms with Crippen LogP contribution in [0.3, 0.4) is 0 Å². The van der Waals surface area contributed by atoms with E-state index in [2.05, 4.69) is 44.3 Å². The molecule has 1 aliphatic heterocycles. The van der Waals surface area contributed by atoms with E-state index < -0.39 is 5.60 Å². The van der Waals surface area contributed by atoms with Crippen molar-refractivity contribution in [1.82, 2.24) is 29.4 Å². The van der Waals surface area contributed by atoms with E-state index >= 15 is 0 Å². The van der Waals surface area contributed by atoms with Gasteiger partial charge in [-0.2, -0.15) is 15.5 Å². The van der Waals surface area contributed by atoms with Crippen molar-refractivity contribution in [2.45, 2.75) is 24.9 Å². The Morgan fingerprint density at radius 2 is 1.90 bits per heavy atom. The lowest BCUT2D eigenvalue weighted by Gasteiger charge is -2.26. The molecule has 1 saturated carbocycles. The highest BCUT2D eigenvalue weighted by atomic mass is 16.3. The van der Waals surface area contributed by atoms with E-state index in [0.717, 1.165) is 65.3 Å². The summed E-state index contributed by atoms with van der Waals surface area (Å²) < 4.78 is 3.52.